The van der Waals surface area contributed by atoms with Gasteiger partial charge in [0.2, 0.25) is 0 Å². The minimum atomic E-state index is -0.132. The van der Waals surface area contributed by atoms with E-state index in [1.54, 1.807) is 0 Å². The standard InChI is InChI=1S/C15H19N3O/c16-11-3-4-12-7-9-14(10-8-12)18-15(19)17-13-5-1-2-6-13/h7-10,13H,1-2,5-6,11,16H2,(H2,17,18,19). The van der Waals surface area contributed by atoms with Crippen molar-refractivity contribution >= 4 is 11.7 Å². The molecule has 0 radical (unpaired) electrons. The minimum Gasteiger partial charge on any atom is -0.335 e. The van der Waals surface area contributed by atoms with Crippen LogP contribution in [0, 0.1) is 11.8 Å². The van der Waals surface area contributed by atoms with Crippen LogP contribution in [0.4, 0.5) is 10.5 Å². The highest BCUT2D eigenvalue weighted by atomic mass is 16.2. The monoisotopic (exact) mass is 257 g/mol. The lowest BCUT2D eigenvalue weighted by Gasteiger charge is -2.12. The van der Waals surface area contributed by atoms with Crippen LogP contribution in [0.15, 0.2) is 24.3 Å². The van der Waals surface area contributed by atoms with Crippen molar-refractivity contribution in [1.29, 1.82) is 0 Å². The summed E-state index contributed by atoms with van der Waals surface area (Å²) in [4.78, 5) is 11.8. The van der Waals surface area contributed by atoms with Gasteiger partial charge >= 0.3 is 6.03 Å². The molecular formula is C15H19N3O. The predicted molar refractivity (Wildman–Crippen MR) is 76.8 cm³/mol. The fraction of sp³-hybridized carbons (Fsp3) is 0.400. The van der Waals surface area contributed by atoms with Crippen molar-refractivity contribution in [3.8, 4) is 11.8 Å². The summed E-state index contributed by atoms with van der Waals surface area (Å²) in [6.45, 7) is 0.351. The Morgan fingerprint density at radius 2 is 1.95 bits per heavy atom. The third kappa shape index (κ3) is 4.31. The number of carbonyl (C=O) groups excluding carboxylic acids is 1. The van der Waals surface area contributed by atoms with Crippen LogP contribution in [0.2, 0.25) is 0 Å². The summed E-state index contributed by atoms with van der Waals surface area (Å²) in [6.07, 6.45) is 4.58. The lowest BCUT2D eigenvalue weighted by Crippen LogP contribution is -2.36. The van der Waals surface area contributed by atoms with E-state index >= 15 is 0 Å². The van der Waals surface area contributed by atoms with E-state index in [-0.39, 0.29) is 6.03 Å². The van der Waals surface area contributed by atoms with Gasteiger partial charge in [-0.25, -0.2) is 4.79 Å². The zero-order valence-electron chi connectivity index (χ0n) is 10.9. The molecule has 4 N–H and O–H groups in total. The molecule has 1 aliphatic rings. The Bertz CT molecular complexity index is 478. The van der Waals surface area contributed by atoms with Gasteiger partial charge in [-0.3, -0.25) is 0 Å². The Morgan fingerprint density at radius 3 is 2.58 bits per heavy atom. The summed E-state index contributed by atoms with van der Waals surface area (Å²) in [5.41, 5.74) is 6.98. The van der Waals surface area contributed by atoms with Crippen molar-refractivity contribution in [3.63, 3.8) is 0 Å². The fourth-order valence-corrected chi connectivity index (χ4v) is 2.21. The maximum atomic E-state index is 11.8. The molecule has 0 aromatic heterocycles. The summed E-state index contributed by atoms with van der Waals surface area (Å²) in [6, 6.07) is 7.62. The number of urea groups is 1. The number of hydrogen-bond acceptors (Lipinski definition) is 2. The number of amides is 2. The van der Waals surface area contributed by atoms with Crippen molar-refractivity contribution in [1.82, 2.24) is 5.32 Å². The first-order chi connectivity index (χ1) is 9.28. The second-order valence-electron chi connectivity index (χ2n) is 4.66. The number of nitrogens with two attached hydrogens (primary N) is 1. The molecular weight excluding hydrogens is 238 g/mol. The lowest BCUT2D eigenvalue weighted by atomic mass is 10.2. The predicted octanol–water partition coefficient (Wildman–Crippen LogP) is 2.06. The largest absolute Gasteiger partial charge is 0.335 e. The molecule has 1 fully saturated rings. The van der Waals surface area contributed by atoms with Gasteiger partial charge in [0.25, 0.3) is 0 Å². The molecule has 0 bridgehead atoms. The topological polar surface area (TPSA) is 67.1 Å². The summed E-state index contributed by atoms with van der Waals surface area (Å²) in [5.74, 6) is 5.73. The van der Waals surface area contributed by atoms with E-state index < -0.39 is 0 Å². The Morgan fingerprint density at radius 1 is 1.26 bits per heavy atom. The van der Waals surface area contributed by atoms with Crippen LogP contribution >= 0.6 is 0 Å². The minimum absolute atomic E-state index is 0.132. The van der Waals surface area contributed by atoms with Crippen LogP contribution in [0.3, 0.4) is 0 Å². The molecule has 0 saturated heterocycles. The first-order valence-corrected chi connectivity index (χ1v) is 6.64. The molecule has 4 nitrogen and oxygen atoms in total. The first kappa shape index (κ1) is 13.4. The lowest BCUT2D eigenvalue weighted by molar-refractivity contribution is 0.248. The Labute approximate surface area is 113 Å². The van der Waals surface area contributed by atoms with Crippen molar-refractivity contribution in [3.05, 3.63) is 29.8 Å². The second-order valence-corrected chi connectivity index (χ2v) is 4.66. The van der Waals surface area contributed by atoms with Crippen molar-refractivity contribution in [2.45, 2.75) is 31.7 Å². The highest BCUT2D eigenvalue weighted by Gasteiger charge is 2.16. The van der Waals surface area contributed by atoms with Crippen LogP contribution in [0.1, 0.15) is 31.2 Å². The average molecular weight is 257 g/mol. The second kappa shape index (κ2) is 6.81. The van der Waals surface area contributed by atoms with Gasteiger partial charge in [-0.15, -0.1) is 0 Å². The van der Waals surface area contributed by atoms with Crippen molar-refractivity contribution in [2.75, 3.05) is 11.9 Å². The zero-order valence-corrected chi connectivity index (χ0v) is 10.9. The highest BCUT2D eigenvalue weighted by Crippen LogP contribution is 2.17. The molecule has 0 heterocycles. The van der Waals surface area contributed by atoms with Gasteiger partial charge in [0.15, 0.2) is 0 Å². The molecule has 1 aromatic rings. The van der Waals surface area contributed by atoms with E-state index in [9.17, 15) is 4.79 Å². The van der Waals surface area contributed by atoms with E-state index in [1.807, 2.05) is 24.3 Å². The average Bonchev–Trinajstić information content (AvgIpc) is 2.90. The van der Waals surface area contributed by atoms with E-state index in [4.69, 9.17) is 5.73 Å². The number of benzene rings is 1. The smallest absolute Gasteiger partial charge is 0.319 e. The molecule has 2 amide bonds. The van der Waals surface area contributed by atoms with Gasteiger partial charge in [-0.2, -0.15) is 0 Å². The molecule has 19 heavy (non-hydrogen) atoms. The van der Waals surface area contributed by atoms with Crippen molar-refractivity contribution in [2.24, 2.45) is 5.73 Å². The van der Waals surface area contributed by atoms with Gasteiger partial charge in [0.05, 0.1) is 6.54 Å². The number of rotatable bonds is 2. The summed E-state index contributed by atoms with van der Waals surface area (Å²) >= 11 is 0. The van der Waals surface area contributed by atoms with Gasteiger partial charge in [-0.1, -0.05) is 24.7 Å². The highest BCUT2D eigenvalue weighted by molar-refractivity contribution is 5.89. The Hall–Kier alpha value is -1.99. The first-order valence-electron chi connectivity index (χ1n) is 6.64. The van der Waals surface area contributed by atoms with Gasteiger partial charge in [-0.05, 0) is 37.1 Å². The zero-order chi connectivity index (χ0) is 13.5. The number of nitrogens with one attached hydrogen (secondary N) is 2. The van der Waals surface area contributed by atoms with Crippen LogP contribution in [-0.2, 0) is 0 Å². The van der Waals surface area contributed by atoms with Crippen molar-refractivity contribution < 1.29 is 4.79 Å². The molecule has 0 atom stereocenters. The van der Waals surface area contributed by atoms with E-state index in [0.29, 0.717) is 12.6 Å². The molecule has 0 aliphatic heterocycles. The SMILES string of the molecule is NCC#Cc1ccc(NC(=O)NC2CCCC2)cc1. The summed E-state index contributed by atoms with van der Waals surface area (Å²) < 4.78 is 0. The van der Waals surface area contributed by atoms with E-state index in [2.05, 4.69) is 22.5 Å². The third-order valence-corrected chi connectivity index (χ3v) is 3.17. The molecule has 1 aromatic carbocycles. The van der Waals surface area contributed by atoms with Gasteiger partial charge < -0.3 is 16.4 Å². The van der Waals surface area contributed by atoms with Gasteiger partial charge in [0, 0.05) is 17.3 Å². The molecule has 1 aliphatic carbocycles. The van der Waals surface area contributed by atoms with Crippen LogP contribution in [0.25, 0.3) is 0 Å². The third-order valence-electron chi connectivity index (χ3n) is 3.17. The number of hydrogen-bond donors (Lipinski definition) is 3. The van der Waals surface area contributed by atoms with E-state index in [1.165, 1.54) is 12.8 Å². The Balaban J connectivity index is 1.86. The normalized spacial score (nSPS) is 14.6. The molecule has 100 valence electrons. The number of anilines is 1. The van der Waals surface area contributed by atoms with Crippen LogP contribution < -0.4 is 16.4 Å². The van der Waals surface area contributed by atoms with E-state index in [0.717, 1.165) is 24.1 Å². The summed E-state index contributed by atoms with van der Waals surface area (Å²) in [5, 5.41) is 5.81. The Kier molecular flexibility index (Phi) is 4.82. The maximum absolute atomic E-state index is 11.8. The molecule has 0 unspecified atom stereocenters. The fourth-order valence-electron chi connectivity index (χ4n) is 2.21. The molecule has 4 heteroatoms. The maximum Gasteiger partial charge on any atom is 0.319 e. The quantitative estimate of drug-likeness (QED) is 0.710. The van der Waals surface area contributed by atoms with Gasteiger partial charge in [0.1, 0.15) is 0 Å². The molecule has 2 rings (SSSR count). The number of carbonyl (C=O) groups is 1. The molecule has 1 saturated carbocycles. The summed E-state index contributed by atoms with van der Waals surface area (Å²) in [7, 11) is 0. The van der Waals surface area contributed by atoms with Crippen LogP contribution in [-0.4, -0.2) is 18.6 Å². The van der Waals surface area contributed by atoms with Crippen LogP contribution in [0.5, 0.6) is 0 Å². The molecule has 0 spiro atoms.